The first kappa shape index (κ1) is 18.2. The number of hydrogen-bond donors (Lipinski definition) is 1. The molecule has 0 bridgehead atoms. The predicted octanol–water partition coefficient (Wildman–Crippen LogP) is 5.64. The van der Waals surface area contributed by atoms with E-state index in [2.05, 4.69) is 52.0 Å². The van der Waals surface area contributed by atoms with Crippen molar-refractivity contribution in [2.45, 2.75) is 90.6 Å². The molecular formula is C20H34O. The van der Waals surface area contributed by atoms with Gasteiger partial charge in [0.05, 0.1) is 6.10 Å². The summed E-state index contributed by atoms with van der Waals surface area (Å²) in [6.07, 6.45) is 9.28. The van der Waals surface area contributed by atoms with Gasteiger partial charge in [-0.05, 0) is 29.4 Å². The van der Waals surface area contributed by atoms with Crippen molar-refractivity contribution in [1.29, 1.82) is 0 Å². The van der Waals surface area contributed by atoms with Crippen molar-refractivity contribution in [3.8, 4) is 0 Å². The van der Waals surface area contributed by atoms with Crippen LogP contribution in [-0.2, 0) is 11.8 Å². The molecule has 0 aliphatic rings. The van der Waals surface area contributed by atoms with Crippen molar-refractivity contribution in [3.63, 3.8) is 0 Å². The fraction of sp³-hybridized carbons (Fsp3) is 0.700. The normalized spacial score (nSPS) is 13.4. The Morgan fingerprint density at radius 1 is 0.905 bits per heavy atom. The van der Waals surface area contributed by atoms with Gasteiger partial charge in [0.1, 0.15) is 0 Å². The van der Waals surface area contributed by atoms with Crippen molar-refractivity contribution in [1.82, 2.24) is 0 Å². The molecule has 1 aromatic rings. The first-order valence-electron chi connectivity index (χ1n) is 8.71. The van der Waals surface area contributed by atoms with Gasteiger partial charge in [-0.25, -0.2) is 0 Å². The molecule has 0 aromatic heterocycles. The highest BCUT2D eigenvalue weighted by Crippen LogP contribution is 2.22. The zero-order chi connectivity index (χ0) is 15.7. The molecule has 0 saturated heterocycles. The van der Waals surface area contributed by atoms with Gasteiger partial charge < -0.3 is 5.11 Å². The largest absolute Gasteiger partial charge is 0.393 e. The van der Waals surface area contributed by atoms with Gasteiger partial charge in [0.25, 0.3) is 0 Å². The molecule has 1 nitrogen and oxygen atoms in total. The molecular weight excluding hydrogens is 256 g/mol. The van der Waals surface area contributed by atoms with Crippen LogP contribution in [0, 0.1) is 0 Å². The fourth-order valence-corrected chi connectivity index (χ4v) is 2.68. The second-order valence-corrected chi connectivity index (χ2v) is 7.36. The Balaban J connectivity index is 2.26. The van der Waals surface area contributed by atoms with Crippen LogP contribution in [0.5, 0.6) is 0 Å². The second-order valence-electron chi connectivity index (χ2n) is 7.36. The van der Waals surface area contributed by atoms with E-state index in [0.29, 0.717) is 0 Å². The van der Waals surface area contributed by atoms with E-state index in [1.54, 1.807) is 0 Å². The minimum Gasteiger partial charge on any atom is -0.393 e. The summed E-state index contributed by atoms with van der Waals surface area (Å²) >= 11 is 0. The van der Waals surface area contributed by atoms with Crippen LogP contribution in [0.3, 0.4) is 0 Å². The van der Waals surface area contributed by atoms with Crippen molar-refractivity contribution < 1.29 is 5.11 Å². The highest BCUT2D eigenvalue weighted by molar-refractivity contribution is 5.27. The lowest BCUT2D eigenvalue weighted by Crippen LogP contribution is -2.12. The van der Waals surface area contributed by atoms with Crippen LogP contribution in [0.4, 0.5) is 0 Å². The van der Waals surface area contributed by atoms with Crippen LogP contribution in [0.1, 0.15) is 83.8 Å². The molecule has 0 spiro atoms. The smallest absolute Gasteiger partial charge is 0.0580 e. The topological polar surface area (TPSA) is 20.2 Å². The lowest BCUT2D eigenvalue weighted by molar-refractivity contribution is 0.161. The molecule has 1 rings (SSSR count). The van der Waals surface area contributed by atoms with Crippen molar-refractivity contribution >= 4 is 0 Å². The summed E-state index contributed by atoms with van der Waals surface area (Å²) in [4.78, 5) is 0. The zero-order valence-corrected chi connectivity index (χ0v) is 14.5. The summed E-state index contributed by atoms with van der Waals surface area (Å²) in [6.45, 7) is 8.94. The summed E-state index contributed by atoms with van der Waals surface area (Å²) in [5, 5.41) is 10.1. The van der Waals surface area contributed by atoms with E-state index < -0.39 is 0 Å². The van der Waals surface area contributed by atoms with E-state index >= 15 is 0 Å². The average molecular weight is 290 g/mol. The number of rotatable bonds is 9. The Bertz CT molecular complexity index is 372. The first-order chi connectivity index (χ1) is 9.93. The highest BCUT2D eigenvalue weighted by atomic mass is 16.3. The standard InChI is InChI=1S/C20H34O/c1-5-6-7-8-9-10-11-19(21)16-17-12-14-18(15-13-17)20(2,3)4/h12-15,19,21H,5-11,16H2,1-4H3. The molecule has 21 heavy (non-hydrogen) atoms. The van der Waals surface area contributed by atoms with E-state index in [4.69, 9.17) is 0 Å². The molecule has 1 aromatic carbocycles. The maximum absolute atomic E-state index is 10.1. The van der Waals surface area contributed by atoms with Crippen molar-refractivity contribution in [2.24, 2.45) is 0 Å². The molecule has 0 amide bonds. The van der Waals surface area contributed by atoms with E-state index in [0.717, 1.165) is 19.3 Å². The SMILES string of the molecule is CCCCCCCCC(O)Cc1ccc(C(C)(C)C)cc1. The van der Waals surface area contributed by atoms with Gasteiger partial charge in [-0.15, -0.1) is 0 Å². The third-order valence-electron chi connectivity index (χ3n) is 4.18. The van der Waals surface area contributed by atoms with E-state index in [1.807, 2.05) is 0 Å². The number of unbranched alkanes of at least 4 members (excludes halogenated alkanes) is 5. The predicted molar refractivity (Wildman–Crippen MR) is 92.8 cm³/mol. The molecule has 1 unspecified atom stereocenters. The number of aliphatic hydroxyl groups excluding tert-OH is 1. The third kappa shape index (κ3) is 7.66. The van der Waals surface area contributed by atoms with Crippen LogP contribution >= 0.6 is 0 Å². The lowest BCUT2D eigenvalue weighted by atomic mass is 9.86. The summed E-state index contributed by atoms with van der Waals surface area (Å²) in [6, 6.07) is 8.75. The highest BCUT2D eigenvalue weighted by Gasteiger charge is 2.13. The van der Waals surface area contributed by atoms with Gasteiger partial charge in [0, 0.05) is 0 Å². The van der Waals surface area contributed by atoms with E-state index in [1.165, 1.54) is 43.2 Å². The Hall–Kier alpha value is -0.820. The number of benzene rings is 1. The first-order valence-corrected chi connectivity index (χ1v) is 8.71. The summed E-state index contributed by atoms with van der Waals surface area (Å²) < 4.78 is 0. The summed E-state index contributed by atoms with van der Waals surface area (Å²) in [5.74, 6) is 0. The van der Waals surface area contributed by atoms with Crippen molar-refractivity contribution in [2.75, 3.05) is 0 Å². The van der Waals surface area contributed by atoms with E-state index in [9.17, 15) is 5.11 Å². The van der Waals surface area contributed by atoms with Gasteiger partial charge in [0.15, 0.2) is 0 Å². The minimum atomic E-state index is -0.184. The Morgan fingerprint density at radius 3 is 2.05 bits per heavy atom. The monoisotopic (exact) mass is 290 g/mol. The van der Waals surface area contributed by atoms with Gasteiger partial charge >= 0.3 is 0 Å². The molecule has 0 heterocycles. The molecule has 0 aliphatic heterocycles. The minimum absolute atomic E-state index is 0.184. The molecule has 1 N–H and O–H groups in total. The molecule has 0 fully saturated rings. The molecule has 0 saturated carbocycles. The van der Waals surface area contributed by atoms with E-state index in [-0.39, 0.29) is 11.5 Å². The molecule has 0 radical (unpaired) electrons. The number of aliphatic hydroxyl groups is 1. The third-order valence-corrected chi connectivity index (χ3v) is 4.18. The molecule has 120 valence electrons. The van der Waals surface area contributed by atoms with Gasteiger partial charge in [0.2, 0.25) is 0 Å². The summed E-state index contributed by atoms with van der Waals surface area (Å²) in [5.41, 5.74) is 2.81. The zero-order valence-electron chi connectivity index (χ0n) is 14.5. The Morgan fingerprint density at radius 2 is 1.48 bits per heavy atom. The molecule has 0 aliphatic carbocycles. The maximum Gasteiger partial charge on any atom is 0.0580 e. The van der Waals surface area contributed by atoms with Crippen LogP contribution in [0.15, 0.2) is 24.3 Å². The van der Waals surface area contributed by atoms with Gasteiger partial charge in [-0.2, -0.15) is 0 Å². The van der Waals surface area contributed by atoms with Crippen LogP contribution in [0.25, 0.3) is 0 Å². The van der Waals surface area contributed by atoms with Crippen LogP contribution in [0.2, 0.25) is 0 Å². The second kappa shape index (κ2) is 9.25. The molecule has 1 heteroatoms. The van der Waals surface area contributed by atoms with Gasteiger partial charge in [-0.1, -0.05) is 90.5 Å². The fourth-order valence-electron chi connectivity index (χ4n) is 2.68. The van der Waals surface area contributed by atoms with Crippen molar-refractivity contribution in [3.05, 3.63) is 35.4 Å². The Labute approximate surface area is 131 Å². The quantitative estimate of drug-likeness (QED) is 0.584. The molecule has 1 atom stereocenters. The summed E-state index contributed by atoms with van der Waals surface area (Å²) in [7, 11) is 0. The van der Waals surface area contributed by atoms with Crippen LogP contribution < -0.4 is 0 Å². The van der Waals surface area contributed by atoms with Gasteiger partial charge in [-0.3, -0.25) is 0 Å². The van der Waals surface area contributed by atoms with Crippen LogP contribution in [-0.4, -0.2) is 11.2 Å². The maximum atomic E-state index is 10.1. The average Bonchev–Trinajstić information content (AvgIpc) is 2.42. The Kier molecular flexibility index (Phi) is 8.03. The lowest BCUT2D eigenvalue weighted by Gasteiger charge is -2.19. The number of hydrogen-bond acceptors (Lipinski definition) is 1.